The predicted octanol–water partition coefficient (Wildman–Crippen LogP) is 2.17. The maximum Gasteiger partial charge on any atom is 0.455 e. The summed E-state index contributed by atoms with van der Waals surface area (Å²) in [5.41, 5.74) is -3.16. The molecule has 0 spiro atoms. The third kappa shape index (κ3) is 4.89. The summed E-state index contributed by atoms with van der Waals surface area (Å²) in [6, 6.07) is 0.150. The second-order valence-electron chi connectivity index (χ2n) is 9.23. The van der Waals surface area contributed by atoms with Crippen LogP contribution in [0.4, 0.5) is 36.6 Å². The molecule has 3 N–H and O–H groups in total. The number of aromatic nitrogens is 3. The molecule has 1 saturated heterocycles. The Morgan fingerprint density at radius 1 is 1.15 bits per heavy atom. The molecule has 1 aliphatic rings. The number of fused-ring (bicyclic) bond motifs is 1. The number of pyridine rings is 3. The summed E-state index contributed by atoms with van der Waals surface area (Å²) in [6.07, 6.45) is -4.73. The summed E-state index contributed by atoms with van der Waals surface area (Å²) >= 11 is 0. The summed E-state index contributed by atoms with van der Waals surface area (Å²) in [5.74, 6) is -9.74. The molecular formula is C23H20F7N5O4. The van der Waals surface area contributed by atoms with Crippen LogP contribution >= 0.6 is 0 Å². The molecule has 1 amide bonds. The van der Waals surface area contributed by atoms with E-state index >= 15 is 0 Å². The second kappa shape index (κ2) is 9.75. The number of rotatable bonds is 7. The van der Waals surface area contributed by atoms with E-state index in [1.54, 1.807) is 4.90 Å². The van der Waals surface area contributed by atoms with Crippen LogP contribution in [0.3, 0.4) is 0 Å². The predicted molar refractivity (Wildman–Crippen MR) is 122 cm³/mol. The Balaban J connectivity index is 1.83. The van der Waals surface area contributed by atoms with Crippen molar-refractivity contribution in [2.24, 2.45) is 5.41 Å². The Hall–Kier alpha value is -3.79. The highest BCUT2D eigenvalue weighted by Crippen LogP contribution is 2.38. The number of aliphatic hydroxyl groups excluding tert-OH is 2. The third-order valence-electron chi connectivity index (χ3n) is 6.41. The fourth-order valence-electron chi connectivity index (χ4n) is 4.06. The van der Waals surface area contributed by atoms with Crippen LogP contribution in [0.15, 0.2) is 35.4 Å². The van der Waals surface area contributed by atoms with Crippen LogP contribution in [0.1, 0.15) is 17.3 Å². The molecule has 0 radical (unpaired) electrons. The topological polar surface area (TPSA) is 121 Å². The first kappa shape index (κ1) is 28.2. The number of anilines is 1. The van der Waals surface area contributed by atoms with Gasteiger partial charge in [0.2, 0.25) is 5.43 Å². The van der Waals surface area contributed by atoms with Crippen molar-refractivity contribution in [2.45, 2.75) is 25.1 Å². The van der Waals surface area contributed by atoms with Crippen LogP contribution in [0.5, 0.6) is 0 Å². The maximum atomic E-state index is 14.7. The summed E-state index contributed by atoms with van der Waals surface area (Å²) < 4.78 is 94.6. The van der Waals surface area contributed by atoms with Gasteiger partial charge in [0.1, 0.15) is 17.2 Å². The lowest BCUT2D eigenvalue weighted by molar-refractivity contribution is -0.290. The quantitative estimate of drug-likeness (QED) is 0.377. The molecule has 0 aromatic carbocycles. The molecular weight excluding hydrogens is 543 g/mol. The van der Waals surface area contributed by atoms with Gasteiger partial charge in [-0.05, 0) is 19.1 Å². The molecule has 1 unspecified atom stereocenters. The molecule has 3 aromatic heterocycles. The van der Waals surface area contributed by atoms with Gasteiger partial charge in [0.15, 0.2) is 17.3 Å². The fraction of sp³-hybridized carbons (Fsp3) is 0.391. The highest BCUT2D eigenvalue weighted by molar-refractivity contribution is 5.97. The number of alkyl halides is 5. The maximum absolute atomic E-state index is 14.7. The molecule has 1 aliphatic heterocycles. The van der Waals surface area contributed by atoms with Crippen molar-refractivity contribution < 1.29 is 45.7 Å². The first-order valence-electron chi connectivity index (χ1n) is 11.2. The fourth-order valence-corrected chi connectivity index (χ4v) is 4.06. The van der Waals surface area contributed by atoms with Crippen LogP contribution < -0.4 is 15.6 Å². The van der Waals surface area contributed by atoms with Crippen molar-refractivity contribution in [1.82, 2.24) is 19.9 Å². The highest BCUT2D eigenvalue weighted by atomic mass is 19.4. The van der Waals surface area contributed by atoms with Gasteiger partial charge in [0, 0.05) is 25.4 Å². The molecule has 210 valence electrons. The van der Waals surface area contributed by atoms with Gasteiger partial charge in [-0.2, -0.15) is 22.0 Å². The van der Waals surface area contributed by atoms with Crippen molar-refractivity contribution in [3.05, 3.63) is 58.0 Å². The number of hydrogen-bond donors (Lipinski definition) is 3. The van der Waals surface area contributed by atoms with Crippen LogP contribution in [-0.4, -0.2) is 75.1 Å². The second-order valence-corrected chi connectivity index (χ2v) is 9.23. The van der Waals surface area contributed by atoms with Crippen LogP contribution in [-0.2, 0) is 0 Å². The van der Waals surface area contributed by atoms with Crippen molar-refractivity contribution in [2.75, 3.05) is 31.2 Å². The highest BCUT2D eigenvalue weighted by Gasteiger charge is 2.61. The van der Waals surface area contributed by atoms with Crippen molar-refractivity contribution in [1.29, 1.82) is 0 Å². The lowest BCUT2D eigenvalue weighted by Gasteiger charge is -2.48. The molecule has 4 rings (SSSR count). The number of halogens is 7. The number of carbonyl (C=O) groups excluding carboxylic acids is 1. The SMILES string of the molecule is CC(NC(=O)c1cn(-c2ncc(F)cc2F)c2nc(N3CC(CO)(CO)C3)ccc2c1=O)C(F)(F)C(F)(F)F. The molecule has 39 heavy (non-hydrogen) atoms. The van der Waals surface area contributed by atoms with Crippen LogP contribution in [0.2, 0.25) is 0 Å². The molecule has 1 atom stereocenters. The molecule has 9 nitrogen and oxygen atoms in total. The van der Waals surface area contributed by atoms with E-state index < -0.39 is 57.9 Å². The minimum Gasteiger partial charge on any atom is -0.396 e. The number of carbonyl (C=O) groups is 1. The van der Waals surface area contributed by atoms with Gasteiger partial charge in [0.05, 0.1) is 36.3 Å². The Morgan fingerprint density at radius 3 is 2.36 bits per heavy atom. The molecule has 3 aromatic rings. The monoisotopic (exact) mass is 563 g/mol. The van der Waals surface area contributed by atoms with Gasteiger partial charge in [-0.3, -0.25) is 14.2 Å². The summed E-state index contributed by atoms with van der Waals surface area (Å²) in [6.45, 7) is 0.0712. The normalized spacial score (nSPS) is 16.2. The van der Waals surface area contributed by atoms with Crippen molar-refractivity contribution in [3.63, 3.8) is 0 Å². The molecule has 16 heteroatoms. The van der Waals surface area contributed by atoms with Gasteiger partial charge in [-0.1, -0.05) is 0 Å². The number of hydrogen-bond acceptors (Lipinski definition) is 7. The Bertz CT molecular complexity index is 1480. The summed E-state index contributed by atoms with van der Waals surface area (Å²) in [5, 5.41) is 20.1. The largest absolute Gasteiger partial charge is 0.455 e. The van der Waals surface area contributed by atoms with E-state index in [1.165, 1.54) is 17.4 Å². The average Bonchev–Trinajstić information content (AvgIpc) is 2.84. The number of aliphatic hydroxyl groups is 2. The lowest BCUT2D eigenvalue weighted by Crippen LogP contribution is -2.60. The van der Waals surface area contributed by atoms with E-state index in [9.17, 15) is 50.5 Å². The number of nitrogens with zero attached hydrogens (tertiary/aromatic N) is 4. The molecule has 1 fully saturated rings. The summed E-state index contributed by atoms with van der Waals surface area (Å²) in [4.78, 5) is 35.3. The van der Waals surface area contributed by atoms with E-state index in [0.717, 1.165) is 4.57 Å². The zero-order chi connectivity index (χ0) is 28.9. The Kier molecular flexibility index (Phi) is 7.06. The van der Waals surface area contributed by atoms with Gasteiger partial charge in [-0.15, -0.1) is 0 Å². The van der Waals surface area contributed by atoms with E-state index in [-0.39, 0.29) is 43.2 Å². The van der Waals surface area contributed by atoms with Crippen LogP contribution in [0.25, 0.3) is 16.9 Å². The van der Waals surface area contributed by atoms with E-state index in [2.05, 4.69) is 9.97 Å². The molecule has 0 saturated carbocycles. The zero-order valence-corrected chi connectivity index (χ0v) is 19.9. The number of nitrogens with one attached hydrogen (secondary N) is 1. The Labute approximate surface area is 214 Å². The number of amides is 1. The average molecular weight is 563 g/mol. The van der Waals surface area contributed by atoms with E-state index in [1.807, 2.05) is 0 Å². The minimum atomic E-state index is -5.99. The van der Waals surface area contributed by atoms with Gasteiger partial charge < -0.3 is 20.4 Å². The Morgan fingerprint density at radius 2 is 1.79 bits per heavy atom. The molecule has 0 aliphatic carbocycles. The van der Waals surface area contributed by atoms with E-state index in [4.69, 9.17) is 0 Å². The van der Waals surface area contributed by atoms with Crippen LogP contribution in [0, 0.1) is 17.0 Å². The first-order chi connectivity index (χ1) is 18.1. The first-order valence-corrected chi connectivity index (χ1v) is 11.2. The lowest BCUT2D eigenvalue weighted by atomic mass is 9.81. The zero-order valence-electron chi connectivity index (χ0n) is 19.9. The third-order valence-corrected chi connectivity index (χ3v) is 6.41. The van der Waals surface area contributed by atoms with Gasteiger partial charge in [0.25, 0.3) is 5.91 Å². The van der Waals surface area contributed by atoms with Gasteiger partial charge in [-0.25, -0.2) is 18.7 Å². The molecule has 4 heterocycles. The summed E-state index contributed by atoms with van der Waals surface area (Å²) in [7, 11) is 0. The minimum absolute atomic E-state index is 0.164. The van der Waals surface area contributed by atoms with Gasteiger partial charge >= 0.3 is 12.1 Å². The van der Waals surface area contributed by atoms with Crippen molar-refractivity contribution >= 4 is 22.8 Å². The van der Waals surface area contributed by atoms with E-state index in [0.29, 0.717) is 25.4 Å². The standard InChI is InChI=1S/C23H20F7N5O4/c1-11(22(26,27)23(28,29)30)32-20(39)14-6-35(19-15(25)4-12(24)5-31-19)18-13(17(14)38)2-3-16(33-18)34-7-21(8-34,9-36)10-37/h2-6,11,36-37H,7-10H2,1H3,(H,32,39). The van der Waals surface area contributed by atoms with Crippen molar-refractivity contribution in [3.8, 4) is 5.82 Å². The molecule has 0 bridgehead atoms. The smallest absolute Gasteiger partial charge is 0.396 e.